The Morgan fingerprint density at radius 1 is 1.14 bits per heavy atom. The summed E-state index contributed by atoms with van der Waals surface area (Å²) in [6, 6.07) is 0.193. The highest BCUT2D eigenvalue weighted by Gasteiger charge is 2.29. The first kappa shape index (κ1) is 16.5. The van der Waals surface area contributed by atoms with Gasteiger partial charge in [-0.3, -0.25) is 0 Å². The minimum absolute atomic E-state index is 0.191. The molecule has 118 valence electrons. The van der Waals surface area contributed by atoms with E-state index in [1.165, 1.54) is 24.8 Å². The van der Waals surface area contributed by atoms with E-state index in [0.717, 1.165) is 43.7 Å². The molecule has 1 aliphatic carbocycles. The van der Waals surface area contributed by atoms with Crippen molar-refractivity contribution in [2.24, 2.45) is 0 Å². The van der Waals surface area contributed by atoms with Crippen molar-refractivity contribution >= 4 is 17.4 Å². The number of aliphatic hydroxyl groups is 1. The highest BCUT2D eigenvalue weighted by Crippen LogP contribution is 2.32. The van der Waals surface area contributed by atoms with E-state index < -0.39 is 0 Å². The number of hydrogen-bond acceptors (Lipinski definition) is 4. The largest absolute Gasteiger partial charge is 0.394 e. The molecule has 1 atom stereocenters. The standard InChI is InChI=1S/C14H20ClN3O.C2H6/c15-14-16-12-7-3-1-2-6-11(12)13(17-14)18-8-4-5-10(18)9-19;1-2/h10,19H,1-9H2;1-2H3. The minimum Gasteiger partial charge on any atom is -0.394 e. The van der Waals surface area contributed by atoms with Gasteiger partial charge in [-0.05, 0) is 50.1 Å². The van der Waals surface area contributed by atoms with Crippen LogP contribution in [0.25, 0.3) is 0 Å². The van der Waals surface area contributed by atoms with Gasteiger partial charge in [0.2, 0.25) is 5.28 Å². The molecule has 0 aromatic carbocycles. The Morgan fingerprint density at radius 3 is 2.67 bits per heavy atom. The number of anilines is 1. The summed E-state index contributed by atoms with van der Waals surface area (Å²) in [5.41, 5.74) is 2.39. The first-order valence-corrected chi connectivity index (χ1v) is 8.60. The molecular formula is C16H26ClN3O. The van der Waals surface area contributed by atoms with Crippen molar-refractivity contribution in [3.8, 4) is 0 Å². The number of aromatic nitrogens is 2. The summed E-state index contributed by atoms with van der Waals surface area (Å²) in [6.07, 6.45) is 7.82. The Hall–Kier alpha value is -0.870. The van der Waals surface area contributed by atoms with E-state index in [9.17, 15) is 5.11 Å². The molecule has 21 heavy (non-hydrogen) atoms. The van der Waals surface area contributed by atoms with Gasteiger partial charge in [-0.2, -0.15) is 0 Å². The number of halogens is 1. The van der Waals surface area contributed by atoms with Crippen molar-refractivity contribution in [2.75, 3.05) is 18.1 Å². The van der Waals surface area contributed by atoms with E-state index in [4.69, 9.17) is 11.6 Å². The molecule has 1 fully saturated rings. The van der Waals surface area contributed by atoms with Crippen LogP contribution in [0.15, 0.2) is 0 Å². The molecular weight excluding hydrogens is 286 g/mol. The summed E-state index contributed by atoms with van der Waals surface area (Å²) >= 11 is 6.09. The van der Waals surface area contributed by atoms with Crippen molar-refractivity contribution in [1.82, 2.24) is 9.97 Å². The number of hydrogen-bond donors (Lipinski definition) is 1. The Bertz CT molecular complexity index is 467. The molecule has 2 aliphatic rings. The summed E-state index contributed by atoms with van der Waals surface area (Å²) in [4.78, 5) is 11.1. The summed E-state index contributed by atoms with van der Waals surface area (Å²) in [7, 11) is 0. The molecule has 1 N–H and O–H groups in total. The smallest absolute Gasteiger partial charge is 0.224 e. The monoisotopic (exact) mass is 311 g/mol. The van der Waals surface area contributed by atoms with Gasteiger partial charge >= 0.3 is 0 Å². The maximum absolute atomic E-state index is 9.51. The average Bonchev–Trinajstić information content (AvgIpc) is 2.86. The molecule has 1 aromatic rings. The fourth-order valence-electron chi connectivity index (χ4n) is 3.26. The zero-order valence-corrected chi connectivity index (χ0v) is 13.9. The number of nitrogens with zero attached hydrogens (tertiary/aromatic N) is 3. The van der Waals surface area contributed by atoms with Crippen LogP contribution in [-0.4, -0.2) is 34.3 Å². The van der Waals surface area contributed by atoms with E-state index >= 15 is 0 Å². The van der Waals surface area contributed by atoms with Crippen molar-refractivity contribution in [1.29, 1.82) is 0 Å². The zero-order valence-electron chi connectivity index (χ0n) is 13.1. The zero-order chi connectivity index (χ0) is 15.2. The third-order valence-corrected chi connectivity index (χ3v) is 4.41. The third-order valence-electron chi connectivity index (χ3n) is 4.24. The lowest BCUT2D eigenvalue weighted by atomic mass is 10.1. The van der Waals surface area contributed by atoms with Crippen LogP contribution in [0.2, 0.25) is 5.28 Å². The first-order valence-electron chi connectivity index (χ1n) is 8.22. The molecule has 3 rings (SSSR count). The Morgan fingerprint density at radius 2 is 1.90 bits per heavy atom. The SMILES string of the molecule is CC.OCC1CCCN1c1nc(Cl)nc2c1CCCCC2. The number of aryl methyl sites for hydroxylation is 1. The van der Waals surface area contributed by atoms with Crippen LogP contribution < -0.4 is 4.90 Å². The van der Waals surface area contributed by atoms with Gasteiger partial charge in [-0.25, -0.2) is 9.97 Å². The van der Waals surface area contributed by atoms with E-state index in [-0.39, 0.29) is 12.6 Å². The van der Waals surface area contributed by atoms with Gasteiger partial charge in [0.25, 0.3) is 0 Å². The lowest BCUT2D eigenvalue weighted by molar-refractivity contribution is 0.266. The van der Waals surface area contributed by atoms with Gasteiger partial charge in [0.1, 0.15) is 5.82 Å². The van der Waals surface area contributed by atoms with Gasteiger partial charge in [0.15, 0.2) is 0 Å². The molecule has 5 heteroatoms. The predicted octanol–water partition coefficient (Wildman–Crippen LogP) is 3.39. The summed E-state index contributed by atoms with van der Waals surface area (Å²) < 4.78 is 0. The maximum Gasteiger partial charge on any atom is 0.224 e. The van der Waals surface area contributed by atoms with Crippen LogP contribution in [-0.2, 0) is 12.8 Å². The van der Waals surface area contributed by atoms with Gasteiger partial charge in [0, 0.05) is 12.1 Å². The first-order chi connectivity index (χ1) is 10.3. The summed E-state index contributed by atoms with van der Waals surface area (Å²) in [5.74, 6) is 0.980. The topological polar surface area (TPSA) is 49.2 Å². The Labute approximate surface area is 132 Å². The second kappa shape index (κ2) is 7.95. The van der Waals surface area contributed by atoms with E-state index in [0.29, 0.717) is 5.28 Å². The molecule has 0 amide bonds. The normalized spacial score (nSPS) is 21.3. The molecule has 1 saturated heterocycles. The van der Waals surface area contributed by atoms with Crippen LogP contribution in [0, 0.1) is 0 Å². The molecule has 1 aromatic heterocycles. The van der Waals surface area contributed by atoms with Crippen molar-refractivity contribution in [3.63, 3.8) is 0 Å². The third kappa shape index (κ3) is 3.67. The van der Waals surface area contributed by atoms with Gasteiger partial charge in [-0.15, -0.1) is 0 Å². The average molecular weight is 312 g/mol. The second-order valence-corrected chi connectivity index (χ2v) is 5.81. The number of aliphatic hydroxyl groups excluding tert-OH is 1. The van der Waals surface area contributed by atoms with Crippen molar-refractivity contribution < 1.29 is 5.11 Å². The van der Waals surface area contributed by atoms with Crippen LogP contribution in [0.5, 0.6) is 0 Å². The highest BCUT2D eigenvalue weighted by molar-refractivity contribution is 6.28. The molecule has 0 bridgehead atoms. The number of fused-ring (bicyclic) bond motifs is 1. The molecule has 1 aliphatic heterocycles. The number of rotatable bonds is 2. The van der Waals surface area contributed by atoms with Crippen molar-refractivity contribution in [3.05, 3.63) is 16.5 Å². The highest BCUT2D eigenvalue weighted by atomic mass is 35.5. The quantitative estimate of drug-likeness (QED) is 0.672. The fourth-order valence-corrected chi connectivity index (χ4v) is 3.45. The molecule has 0 spiro atoms. The lowest BCUT2D eigenvalue weighted by Crippen LogP contribution is -2.34. The molecule has 4 nitrogen and oxygen atoms in total. The predicted molar refractivity (Wildman–Crippen MR) is 87.1 cm³/mol. The van der Waals surface area contributed by atoms with Crippen molar-refractivity contribution in [2.45, 2.75) is 64.8 Å². The van der Waals surface area contributed by atoms with Crippen LogP contribution in [0.4, 0.5) is 5.82 Å². The fraction of sp³-hybridized carbons (Fsp3) is 0.750. The van der Waals surface area contributed by atoms with Crippen LogP contribution in [0.1, 0.15) is 57.2 Å². The summed E-state index contributed by atoms with van der Waals surface area (Å²) in [6.45, 7) is 5.15. The van der Waals surface area contributed by atoms with Crippen LogP contribution in [0.3, 0.4) is 0 Å². The molecule has 2 heterocycles. The minimum atomic E-state index is 0.191. The van der Waals surface area contributed by atoms with Gasteiger partial charge in [0.05, 0.1) is 18.3 Å². The Kier molecular flexibility index (Phi) is 6.24. The summed E-state index contributed by atoms with van der Waals surface area (Å²) in [5, 5.41) is 9.86. The van der Waals surface area contributed by atoms with Gasteiger partial charge in [-0.1, -0.05) is 20.3 Å². The second-order valence-electron chi connectivity index (χ2n) is 5.47. The Balaban J connectivity index is 0.000000774. The van der Waals surface area contributed by atoms with E-state index in [1.807, 2.05) is 13.8 Å². The van der Waals surface area contributed by atoms with E-state index in [1.54, 1.807) is 0 Å². The molecule has 0 radical (unpaired) electrons. The van der Waals surface area contributed by atoms with Gasteiger partial charge < -0.3 is 10.0 Å². The molecule has 1 unspecified atom stereocenters. The van der Waals surface area contributed by atoms with Crippen LogP contribution >= 0.6 is 11.6 Å². The lowest BCUT2D eigenvalue weighted by Gasteiger charge is -2.27. The van der Waals surface area contributed by atoms with E-state index in [2.05, 4.69) is 14.9 Å². The molecule has 0 saturated carbocycles. The maximum atomic E-state index is 9.51.